The van der Waals surface area contributed by atoms with Crippen LogP contribution >= 0.6 is 0 Å². The number of hydrogen-bond donors (Lipinski definition) is 1. The van der Waals surface area contributed by atoms with Gasteiger partial charge in [-0.25, -0.2) is 4.98 Å². The average Bonchev–Trinajstić information content (AvgIpc) is 2.88. The van der Waals surface area contributed by atoms with E-state index in [0.717, 1.165) is 44.2 Å². The van der Waals surface area contributed by atoms with Crippen LogP contribution in [-0.2, 0) is 0 Å². The summed E-state index contributed by atoms with van der Waals surface area (Å²) in [5.74, 6) is 2.96. The predicted octanol–water partition coefficient (Wildman–Crippen LogP) is 1.83. The van der Waals surface area contributed by atoms with Crippen LogP contribution in [-0.4, -0.2) is 35.7 Å². The Morgan fingerprint density at radius 2 is 2.20 bits per heavy atom. The lowest BCUT2D eigenvalue weighted by Crippen LogP contribution is -2.32. The van der Waals surface area contributed by atoms with Crippen LogP contribution in [0.5, 0.6) is 5.88 Å². The molecule has 1 aromatic heterocycles. The normalized spacial score (nSPS) is 29.3. The molecule has 1 aliphatic heterocycles. The lowest BCUT2D eigenvalue weighted by Gasteiger charge is -2.27. The number of nitrogens with zero attached hydrogens (tertiary/aromatic N) is 3. The first-order valence-corrected chi connectivity index (χ1v) is 7.72. The van der Waals surface area contributed by atoms with E-state index in [0.29, 0.717) is 24.4 Å². The highest BCUT2D eigenvalue weighted by molar-refractivity contribution is 5.34. The minimum Gasteiger partial charge on any atom is -0.478 e. The van der Waals surface area contributed by atoms with Crippen LogP contribution in [0.15, 0.2) is 12.3 Å². The first-order valence-electron chi connectivity index (χ1n) is 7.72. The summed E-state index contributed by atoms with van der Waals surface area (Å²) in [5, 5.41) is 0. The molecule has 2 fully saturated rings. The second-order valence-corrected chi connectivity index (χ2v) is 6.04. The van der Waals surface area contributed by atoms with Gasteiger partial charge in [0, 0.05) is 31.4 Å². The van der Waals surface area contributed by atoms with Crippen molar-refractivity contribution in [1.82, 2.24) is 9.97 Å². The summed E-state index contributed by atoms with van der Waals surface area (Å²) in [6, 6.07) is 2.22. The van der Waals surface area contributed by atoms with Crippen molar-refractivity contribution >= 4 is 5.95 Å². The highest BCUT2D eigenvalue weighted by Gasteiger charge is 2.37. The monoisotopic (exact) mass is 276 g/mol. The van der Waals surface area contributed by atoms with Crippen LogP contribution in [0.2, 0.25) is 0 Å². The Balaban J connectivity index is 1.67. The molecule has 0 radical (unpaired) electrons. The SMILES string of the molecule is CCCOc1ccnc(N2C[C@H]3CCC(N)C[C@H]3C2)n1. The van der Waals surface area contributed by atoms with E-state index in [1.165, 1.54) is 6.42 Å². The van der Waals surface area contributed by atoms with Gasteiger partial charge in [-0.3, -0.25) is 0 Å². The molecule has 1 aliphatic carbocycles. The van der Waals surface area contributed by atoms with Crippen molar-refractivity contribution in [2.75, 3.05) is 24.6 Å². The van der Waals surface area contributed by atoms with Crippen molar-refractivity contribution in [1.29, 1.82) is 0 Å². The number of hydrogen-bond acceptors (Lipinski definition) is 5. The van der Waals surface area contributed by atoms with E-state index in [1.807, 2.05) is 6.07 Å². The topological polar surface area (TPSA) is 64.3 Å². The molecule has 3 rings (SSSR count). The Kier molecular flexibility index (Phi) is 4.05. The summed E-state index contributed by atoms with van der Waals surface area (Å²) in [6.07, 6.45) is 6.34. The summed E-state index contributed by atoms with van der Waals surface area (Å²) in [4.78, 5) is 11.2. The third kappa shape index (κ3) is 2.87. The molecule has 0 amide bonds. The van der Waals surface area contributed by atoms with E-state index in [-0.39, 0.29) is 0 Å². The number of nitrogens with two attached hydrogens (primary N) is 1. The minimum atomic E-state index is 0.386. The molecule has 0 bridgehead atoms. The van der Waals surface area contributed by atoms with E-state index < -0.39 is 0 Å². The predicted molar refractivity (Wildman–Crippen MR) is 78.8 cm³/mol. The zero-order valence-electron chi connectivity index (χ0n) is 12.2. The van der Waals surface area contributed by atoms with Crippen molar-refractivity contribution in [2.24, 2.45) is 17.6 Å². The molecule has 1 unspecified atom stereocenters. The standard InChI is InChI=1S/C15H24N4O/c1-2-7-20-14-5-6-17-15(18-14)19-9-11-3-4-13(16)8-12(11)10-19/h5-6,11-13H,2-4,7-10,16H2,1H3/t11-,12+,13?/m1/s1. The zero-order chi connectivity index (χ0) is 13.9. The van der Waals surface area contributed by atoms with Crippen molar-refractivity contribution in [2.45, 2.75) is 38.6 Å². The third-order valence-electron chi connectivity index (χ3n) is 4.44. The number of anilines is 1. The smallest absolute Gasteiger partial charge is 0.228 e. The van der Waals surface area contributed by atoms with Gasteiger partial charge in [0.1, 0.15) is 0 Å². The fourth-order valence-corrected chi connectivity index (χ4v) is 3.40. The van der Waals surface area contributed by atoms with Crippen molar-refractivity contribution in [3.05, 3.63) is 12.3 Å². The van der Waals surface area contributed by atoms with Gasteiger partial charge < -0.3 is 15.4 Å². The van der Waals surface area contributed by atoms with Gasteiger partial charge in [-0.2, -0.15) is 4.98 Å². The average molecular weight is 276 g/mol. The van der Waals surface area contributed by atoms with Gasteiger partial charge >= 0.3 is 0 Å². The molecule has 5 nitrogen and oxygen atoms in total. The van der Waals surface area contributed by atoms with Crippen LogP contribution in [0.3, 0.4) is 0 Å². The molecule has 0 aromatic carbocycles. The highest BCUT2D eigenvalue weighted by atomic mass is 16.5. The highest BCUT2D eigenvalue weighted by Crippen LogP contribution is 2.36. The number of aromatic nitrogens is 2. The molecule has 2 N–H and O–H groups in total. The summed E-state index contributed by atoms with van der Waals surface area (Å²) in [5.41, 5.74) is 6.08. The first-order chi connectivity index (χ1) is 9.76. The van der Waals surface area contributed by atoms with E-state index in [9.17, 15) is 0 Å². The van der Waals surface area contributed by atoms with Gasteiger partial charge in [-0.15, -0.1) is 0 Å². The summed E-state index contributed by atoms with van der Waals surface area (Å²) < 4.78 is 5.59. The zero-order valence-corrected chi connectivity index (χ0v) is 12.2. The molecule has 2 heterocycles. The summed E-state index contributed by atoms with van der Waals surface area (Å²) >= 11 is 0. The van der Waals surface area contributed by atoms with Gasteiger partial charge in [0.2, 0.25) is 11.8 Å². The Bertz CT molecular complexity index is 453. The molecule has 110 valence electrons. The maximum atomic E-state index is 6.08. The Morgan fingerprint density at radius 3 is 3.05 bits per heavy atom. The number of ether oxygens (including phenoxy) is 1. The summed E-state index contributed by atoms with van der Waals surface area (Å²) in [7, 11) is 0. The van der Waals surface area contributed by atoms with Crippen LogP contribution in [0, 0.1) is 11.8 Å². The van der Waals surface area contributed by atoms with E-state index in [1.54, 1.807) is 6.20 Å². The lowest BCUT2D eigenvalue weighted by molar-refractivity contribution is 0.271. The maximum absolute atomic E-state index is 6.08. The Hall–Kier alpha value is -1.36. The van der Waals surface area contributed by atoms with Gasteiger partial charge in [0.05, 0.1) is 6.61 Å². The largest absolute Gasteiger partial charge is 0.478 e. The minimum absolute atomic E-state index is 0.386. The molecular weight excluding hydrogens is 252 g/mol. The van der Waals surface area contributed by atoms with Gasteiger partial charge in [0.15, 0.2) is 0 Å². The molecule has 0 spiro atoms. The van der Waals surface area contributed by atoms with E-state index >= 15 is 0 Å². The molecular formula is C15H24N4O. The molecule has 20 heavy (non-hydrogen) atoms. The molecule has 1 aromatic rings. The van der Waals surface area contributed by atoms with Crippen molar-refractivity contribution in [3.8, 4) is 5.88 Å². The number of fused-ring (bicyclic) bond motifs is 1. The summed E-state index contributed by atoms with van der Waals surface area (Å²) in [6.45, 7) is 4.90. The van der Waals surface area contributed by atoms with Crippen LogP contribution in [0.1, 0.15) is 32.6 Å². The van der Waals surface area contributed by atoms with E-state index in [2.05, 4.69) is 21.8 Å². The Labute approximate surface area is 120 Å². The quantitative estimate of drug-likeness (QED) is 0.909. The van der Waals surface area contributed by atoms with Gasteiger partial charge in [0.25, 0.3) is 0 Å². The fraction of sp³-hybridized carbons (Fsp3) is 0.733. The Morgan fingerprint density at radius 1 is 1.35 bits per heavy atom. The third-order valence-corrected chi connectivity index (χ3v) is 4.44. The van der Waals surface area contributed by atoms with Gasteiger partial charge in [-0.05, 0) is 37.5 Å². The van der Waals surface area contributed by atoms with Crippen molar-refractivity contribution in [3.63, 3.8) is 0 Å². The van der Waals surface area contributed by atoms with Gasteiger partial charge in [-0.1, -0.05) is 6.92 Å². The molecule has 2 aliphatic rings. The maximum Gasteiger partial charge on any atom is 0.228 e. The lowest BCUT2D eigenvalue weighted by atomic mass is 9.79. The molecule has 1 saturated heterocycles. The van der Waals surface area contributed by atoms with Crippen molar-refractivity contribution < 1.29 is 4.74 Å². The second-order valence-electron chi connectivity index (χ2n) is 6.04. The van der Waals surface area contributed by atoms with Crippen LogP contribution in [0.25, 0.3) is 0 Å². The number of rotatable bonds is 4. The van der Waals surface area contributed by atoms with E-state index in [4.69, 9.17) is 10.5 Å². The molecule has 5 heteroatoms. The van der Waals surface area contributed by atoms with Crippen LogP contribution < -0.4 is 15.4 Å². The fourth-order valence-electron chi connectivity index (χ4n) is 3.40. The van der Waals surface area contributed by atoms with Crippen LogP contribution in [0.4, 0.5) is 5.95 Å². The second kappa shape index (κ2) is 5.95. The molecule has 3 atom stereocenters. The first kappa shape index (κ1) is 13.6. The molecule has 1 saturated carbocycles.